The van der Waals surface area contributed by atoms with E-state index in [2.05, 4.69) is 4.98 Å². The van der Waals surface area contributed by atoms with Crippen LogP contribution in [-0.2, 0) is 19.0 Å². The average Bonchev–Trinajstić information content (AvgIpc) is 3.13. The van der Waals surface area contributed by atoms with Crippen LogP contribution in [-0.4, -0.2) is 47.9 Å². The number of esters is 2. The number of hydrogen-bond donors (Lipinski definition) is 0. The van der Waals surface area contributed by atoms with Crippen molar-refractivity contribution >= 4 is 33.5 Å². The van der Waals surface area contributed by atoms with E-state index in [0.717, 1.165) is 12.8 Å². The number of aromatic nitrogens is 2. The Morgan fingerprint density at radius 1 is 1.18 bits per heavy atom. The molecule has 0 aliphatic heterocycles. The van der Waals surface area contributed by atoms with Gasteiger partial charge in [0.05, 0.1) is 30.5 Å². The number of fused-ring (bicyclic) bond motifs is 1. The number of hydrogen-bond acceptors (Lipinski definition) is 8. The number of thiophene rings is 1. The molecule has 0 aromatic carbocycles. The Morgan fingerprint density at radius 2 is 1.96 bits per heavy atom. The maximum atomic E-state index is 13.0. The molecule has 0 bridgehead atoms. The molecule has 0 spiro atoms. The van der Waals surface area contributed by atoms with E-state index in [1.54, 1.807) is 12.3 Å². The number of carbonyl (C=O) groups is 2. The zero-order valence-electron chi connectivity index (χ0n) is 16.4. The normalized spacial score (nSPS) is 12.1. The Bertz CT molecular complexity index is 860. The van der Waals surface area contributed by atoms with Gasteiger partial charge in [0.2, 0.25) is 0 Å². The zero-order valence-corrected chi connectivity index (χ0v) is 17.3. The summed E-state index contributed by atoms with van der Waals surface area (Å²) in [6.45, 7) is 6.86. The van der Waals surface area contributed by atoms with Gasteiger partial charge in [-0.3, -0.25) is 9.36 Å². The van der Waals surface area contributed by atoms with Crippen LogP contribution in [0.4, 0.5) is 0 Å². The minimum absolute atomic E-state index is 0.112. The number of nitrogens with zero attached hydrogens (tertiary/aromatic N) is 2. The Hall–Kier alpha value is -2.26. The van der Waals surface area contributed by atoms with Gasteiger partial charge < -0.3 is 14.2 Å². The van der Waals surface area contributed by atoms with Gasteiger partial charge in [0.15, 0.2) is 0 Å². The fourth-order valence-electron chi connectivity index (χ4n) is 2.62. The SMILES string of the molecule is CCCCOC(=O)c1csc2ncn(C(CC)C(=O)OCCOCC)c(=O)c12. The third-order valence-corrected chi connectivity index (χ3v) is 5.03. The molecule has 9 heteroatoms. The number of rotatable bonds is 11. The van der Waals surface area contributed by atoms with Crippen molar-refractivity contribution in [3.63, 3.8) is 0 Å². The summed E-state index contributed by atoms with van der Waals surface area (Å²) in [6, 6.07) is -0.824. The second kappa shape index (κ2) is 10.9. The van der Waals surface area contributed by atoms with Crippen molar-refractivity contribution in [2.45, 2.75) is 46.1 Å². The molecule has 0 amide bonds. The van der Waals surface area contributed by atoms with Crippen molar-refractivity contribution in [1.82, 2.24) is 9.55 Å². The molecule has 2 heterocycles. The highest BCUT2D eigenvalue weighted by atomic mass is 32.1. The fourth-order valence-corrected chi connectivity index (χ4v) is 3.49. The van der Waals surface area contributed by atoms with Gasteiger partial charge in [-0.1, -0.05) is 20.3 Å². The van der Waals surface area contributed by atoms with Crippen molar-refractivity contribution < 1.29 is 23.8 Å². The van der Waals surface area contributed by atoms with Crippen molar-refractivity contribution in [3.8, 4) is 0 Å². The average molecular weight is 410 g/mol. The van der Waals surface area contributed by atoms with E-state index in [1.807, 2.05) is 13.8 Å². The van der Waals surface area contributed by atoms with Gasteiger partial charge >= 0.3 is 11.9 Å². The Labute approximate surface area is 167 Å². The molecule has 0 radical (unpaired) electrons. The summed E-state index contributed by atoms with van der Waals surface area (Å²) in [4.78, 5) is 42.4. The topological polar surface area (TPSA) is 96.7 Å². The maximum absolute atomic E-state index is 13.0. The van der Waals surface area contributed by atoms with Gasteiger partial charge in [-0.15, -0.1) is 11.3 Å². The second-order valence-electron chi connectivity index (χ2n) is 6.06. The highest BCUT2D eigenvalue weighted by Crippen LogP contribution is 2.23. The third kappa shape index (κ3) is 5.17. The molecule has 0 saturated carbocycles. The molecule has 154 valence electrons. The molecular weight excluding hydrogens is 384 g/mol. The molecular formula is C19H26N2O6S. The van der Waals surface area contributed by atoms with E-state index >= 15 is 0 Å². The lowest BCUT2D eigenvalue weighted by Crippen LogP contribution is -2.32. The van der Waals surface area contributed by atoms with Crippen LogP contribution in [0.15, 0.2) is 16.5 Å². The Morgan fingerprint density at radius 3 is 2.64 bits per heavy atom. The van der Waals surface area contributed by atoms with Crippen LogP contribution in [0, 0.1) is 0 Å². The van der Waals surface area contributed by atoms with Crippen molar-refractivity contribution in [2.24, 2.45) is 0 Å². The monoisotopic (exact) mass is 410 g/mol. The van der Waals surface area contributed by atoms with Gasteiger partial charge in [-0.25, -0.2) is 14.6 Å². The van der Waals surface area contributed by atoms with Crippen molar-refractivity contribution in [3.05, 3.63) is 27.6 Å². The predicted octanol–water partition coefficient (Wildman–Crippen LogP) is 2.95. The van der Waals surface area contributed by atoms with Crippen molar-refractivity contribution in [1.29, 1.82) is 0 Å². The molecule has 0 fully saturated rings. The molecule has 1 atom stereocenters. The van der Waals surface area contributed by atoms with E-state index in [4.69, 9.17) is 14.2 Å². The number of unbranched alkanes of at least 4 members (excludes halogenated alkanes) is 1. The van der Waals surface area contributed by atoms with Gasteiger partial charge in [0.25, 0.3) is 5.56 Å². The van der Waals surface area contributed by atoms with Crippen LogP contribution in [0.5, 0.6) is 0 Å². The lowest BCUT2D eigenvalue weighted by atomic mass is 10.2. The lowest BCUT2D eigenvalue weighted by molar-refractivity contribution is -0.149. The molecule has 0 aliphatic carbocycles. The summed E-state index contributed by atoms with van der Waals surface area (Å²) < 4.78 is 16.8. The molecule has 2 aromatic heterocycles. The summed E-state index contributed by atoms with van der Waals surface area (Å²) in [7, 11) is 0. The van der Waals surface area contributed by atoms with Crippen LogP contribution < -0.4 is 5.56 Å². The minimum atomic E-state index is -0.824. The molecule has 28 heavy (non-hydrogen) atoms. The number of carbonyl (C=O) groups excluding carboxylic acids is 2. The quantitative estimate of drug-likeness (QED) is 0.415. The first-order valence-corrected chi connectivity index (χ1v) is 10.3. The highest BCUT2D eigenvalue weighted by molar-refractivity contribution is 7.17. The van der Waals surface area contributed by atoms with Crippen LogP contribution in [0.2, 0.25) is 0 Å². The third-order valence-electron chi connectivity index (χ3n) is 4.14. The van der Waals surface area contributed by atoms with Crippen LogP contribution in [0.1, 0.15) is 56.4 Å². The van der Waals surface area contributed by atoms with Crippen LogP contribution in [0.25, 0.3) is 10.2 Å². The van der Waals surface area contributed by atoms with Gasteiger partial charge in [0, 0.05) is 12.0 Å². The van der Waals surface area contributed by atoms with Gasteiger partial charge in [-0.2, -0.15) is 0 Å². The summed E-state index contributed by atoms with van der Waals surface area (Å²) in [5, 5.41) is 1.74. The fraction of sp³-hybridized carbons (Fsp3) is 0.579. The first kappa shape index (κ1) is 22.0. The summed E-state index contributed by atoms with van der Waals surface area (Å²) in [5.74, 6) is -1.09. The largest absolute Gasteiger partial charge is 0.462 e. The van der Waals surface area contributed by atoms with Crippen molar-refractivity contribution in [2.75, 3.05) is 26.4 Å². The standard InChI is InChI=1S/C19H26N2O6S/c1-4-7-8-26-18(23)13-11-28-16-15(13)17(22)21(12-20-16)14(5-2)19(24)27-10-9-25-6-3/h11-12,14H,4-10H2,1-3H3. The van der Waals surface area contributed by atoms with Gasteiger partial charge in [-0.05, 0) is 19.8 Å². The molecule has 2 rings (SSSR count). The second-order valence-corrected chi connectivity index (χ2v) is 6.92. The summed E-state index contributed by atoms with van der Waals surface area (Å²) >= 11 is 1.19. The molecule has 0 N–H and O–H groups in total. The van der Waals surface area contributed by atoms with E-state index in [-0.39, 0.29) is 17.6 Å². The highest BCUT2D eigenvalue weighted by Gasteiger charge is 2.25. The molecule has 2 aromatic rings. The smallest absolute Gasteiger partial charge is 0.339 e. The first-order chi connectivity index (χ1) is 13.5. The van der Waals surface area contributed by atoms with Gasteiger partial charge in [0.1, 0.15) is 17.5 Å². The summed E-state index contributed by atoms with van der Waals surface area (Å²) in [5.41, 5.74) is -0.273. The first-order valence-electron chi connectivity index (χ1n) is 9.44. The van der Waals surface area contributed by atoms with E-state index in [1.165, 1.54) is 22.2 Å². The molecule has 1 unspecified atom stereocenters. The number of ether oxygens (including phenoxy) is 3. The van der Waals surface area contributed by atoms with Crippen LogP contribution in [0.3, 0.4) is 0 Å². The molecule has 0 aliphatic rings. The Kier molecular flexibility index (Phi) is 8.59. The van der Waals surface area contributed by atoms with Crippen LogP contribution >= 0.6 is 11.3 Å². The maximum Gasteiger partial charge on any atom is 0.339 e. The minimum Gasteiger partial charge on any atom is -0.462 e. The van der Waals surface area contributed by atoms with E-state index < -0.39 is 23.5 Å². The van der Waals surface area contributed by atoms with E-state index in [9.17, 15) is 14.4 Å². The Balaban J connectivity index is 2.28. The molecule has 8 nitrogen and oxygen atoms in total. The predicted molar refractivity (Wildman–Crippen MR) is 106 cm³/mol. The zero-order chi connectivity index (χ0) is 20.5. The lowest BCUT2D eigenvalue weighted by Gasteiger charge is -2.16. The molecule has 0 saturated heterocycles. The van der Waals surface area contributed by atoms with E-state index in [0.29, 0.717) is 31.1 Å². The summed E-state index contributed by atoms with van der Waals surface area (Å²) in [6.07, 6.45) is 3.32.